The number of alkyl halides is 3. The molecule has 0 saturated carbocycles. The Balaban J connectivity index is 1.79. The molecule has 1 fully saturated rings. The van der Waals surface area contributed by atoms with Crippen molar-refractivity contribution in [3.8, 4) is 17.0 Å². The number of aryl methyl sites for hydroxylation is 2. The van der Waals surface area contributed by atoms with Gasteiger partial charge in [-0.15, -0.1) is 10.2 Å². The summed E-state index contributed by atoms with van der Waals surface area (Å²) < 4.78 is 40.9. The van der Waals surface area contributed by atoms with Crippen molar-refractivity contribution in [2.45, 2.75) is 32.0 Å². The van der Waals surface area contributed by atoms with Crippen molar-refractivity contribution in [1.82, 2.24) is 24.9 Å². The van der Waals surface area contributed by atoms with Crippen LogP contribution in [0.1, 0.15) is 24.0 Å². The maximum Gasteiger partial charge on any atom is 0.416 e. The first-order valence-electron chi connectivity index (χ1n) is 9.70. The van der Waals surface area contributed by atoms with Crippen LogP contribution in [0.15, 0.2) is 18.3 Å². The number of nitrogens with one attached hydrogen (secondary N) is 1. The fourth-order valence-electron chi connectivity index (χ4n) is 4.09. The minimum Gasteiger partial charge on any atom is -0.507 e. The number of likely N-dealkylation sites (tertiary alicyclic amines) is 1. The Bertz CT molecular complexity index is 1070. The Hall–Kier alpha value is -2.88. The quantitative estimate of drug-likeness (QED) is 0.675. The van der Waals surface area contributed by atoms with Crippen LogP contribution in [0.25, 0.3) is 22.2 Å². The van der Waals surface area contributed by atoms with Crippen molar-refractivity contribution in [2.75, 3.05) is 25.5 Å². The van der Waals surface area contributed by atoms with Crippen LogP contribution in [-0.4, -0.2) is 56.2 Å². The van der Waals surface area contributed by atoms with Gasteiger partial charge in [0.15, 0.2) is 5.82 Å². The zero-order valence-electron chi connectivity index (χ0n) is 17.0. The third kappa shape index (κ3) is 3.67. The molecule has 0 bridgehead atoms. The third-order valence-electron chi connectivity index (χ3n) is 5.51. The molecule has 0 spiro atoms. The van der Waals surface area contributed by atoms with Gasteiger partial charge in [-0.3, -0.25) is 4.68 Å². The fraction of sp³-hybridized carbons (Fsp3) is 0.450. The number of likely N-dealkylation sites (N-methyl/N-ethyl adjacent to an activating group) is 1. The number of nitrogens with zero attached hydrogens (tertiary/aromatic N) is 5. The number of anilines is 1. The highest BCUT2D eigenvalue weighted by Crippen LogP contribution is 2.41. The van der Waals surface area contributed by atoms with E-state index in [1.807, 2.05) is 0 Å². The van der Waals surface area contributed by atoms with Gasteiger partial charge >= 0.3 is 6.18 Å². The smallest absolute Gasteiger partial charge is 0.416 e. The van der Waals surface area contributed by atoms with Crippen LogP contribution >= 0.6 is 0 Å². The van der Waals surface area contributed by atoms with E-state index in [2.05, 4.69) is 32.6 Å². The van der Waals surface area contributed by atoms with Gasteiger partial charge in [-0.05, 0) is 51.1 Å². The predicted octanol–water partition coefficient (Wildman–Crippen LogP) is 3.57. The van der Waals surface area contributed by atoms with Crippen molar-refractivity contribution in [3.05, 3.63) is 29.5 Å². The number of fused-ring (bicyclic) bond motifs is 1. The van der Waals surface area contributed by atoms with Gasteiger partial charge in [0.25, 0.3) is 0 Å². The van der Waals surface area contributed by atoms with E-state index in [4.69, 9.17) is 0 Å². The van der Waals surface area contributed by atoms with Gasteiger partial charge < -0.3 is 15.3 Å². The molecule has 1 atom stereocenters. The molecule has 30 heavy (non-hydrogen) atoms. The van der Waals surface area contributed by atoms with Gasteiger partial charge in [0.1, 0.15) is 17.0 Å². The second kappa shape index (κ2) is 7.42. The molecule has 2 N–H and O–H groups in total. The number of halogens is 3. The van der Waals surface area contributed by atoms with Crippen molar-refractivity contribution in [1.29, 1.82) is 0 Å². The van der Waals surface area contributed by atoms with E-state index in [0.29, 0.717) is 22.4 Å². The van der Waals surface area contributed by atoms with Crippen LogP contribution in [0.4, 0.5) is 19.0 Å². The Kier molecular flexibility index (Phi) is 5.05. The van der Waals surface area contributed by atoms with Gasteiger partial charge in [-0.25, -0.2) is 0 Å². The summed E-state index contributed by atoms with van der Waals surface area (Å²) >= 11 is 0. The Labute approximate surface area is 171 Å². The second-order valence-electron chi connectivity index (χ2n) is 7.86. The molecule has 1 aliphatic heterocycles. The molecular formula is C20H23F3N6O. The number of piperidine rings is 1. The highest BCUT2D eigenvalue weighted by molar-refractivity contribution is 5.99. The monoisotopic (exact) mass is 420 g/mol. The molecule has 3 heterocycles. The summed E-state index contributed by atoms with van der Waals surface area (Å²) in [7, 11) is 3.84. The van der Waals surface area contributed by atoms with E-state index in [1.54, 1.807) is 17.9 Å². The summed E-state index contributed by atoms with van der Waals surface area (Å²) in [5.74, 6) is 0.0782. The van der Waals surface area contributed by atoms with E-state index in [9.17, 15) is 18.3 Å². The summed E-state index contributed by atoms with van der Waals surface area (Å²) in [4.78, 5) is 2.24. The first-order valence-corrected chi connectivity index (χ1v) is 9.70. The number of aromatic nitrogens is 4. The van der Waals surface area contributed by atoms with Crippen molar-refractivity contribution in [2.24, 2.45) is 7.05 Å². The summed E-state index contributed by atoms with van der Waals surface area (Å²) in [5, 5.41) is 27.3. The highest BCUT2D eigenvalue weighted by atomic mass is 19.4. The van der Waals surface area contributed by atoms with Crippen LogP contribution in [-0.2, 0) is 13.2 Å². The highest BCUT2D eigenvalue weighted by Gasteiger charge is 2.32. The minimum absolute atomic E-state index is 0.211. The average molecular weight is 420 g/mol. The Morgan fingerprint density at radius 1 is 1.20 bits per heavy atom. The van der Waals surface area contributed by atoms with Gasteiger partial charge in [-0.1, -0.05) is 0 Å². The van der Waals surface area contributed by atoms with Crippen LogP contribution in [0, 0.1) is 6.92 Å². The van der Waals surface area contributed by atoms with E-state index in [-0.39, 0.29) is 17.2 Å². The molecule has 7 nitrogen and oxygen atoms in total. The molecule has 2 aromatic heterocycles. The minimum atomic E-state index is -4.54. The molecule has 1 aromatic carbocycles. The predicted molar refractivity (Wildman–Crippen MR) is 107 cm³/mol. The Morgan fingerprint density at radius 3 is 2.63 bits per heavy atom. The molecule has 0 radical (unpaired) electrons. The second-order valence-corrected chi connectivity index (χ2v) is 7.86. The fourth-order valence-corrected chi connectivity index (χ4v) is 4.09. The van der Waals surface area contributed by atoms with Crippen LogP contribution in [0.3, 0.4) is 0 Å². The molecular weight excluding hydrogens is 397 g/mol. The van der Waals surface area contributed by atoms with Crippen LogP contribution < -0.4 is 5.32 Å². The summed E-state index contributed by atoms with van der Waals surface area (Å²) in [6.07, 6.45) is -0.871. The number of rotatable bonds is 3. The van der Waals surface area contributed by atoms with Crippen LogP contribution in [0.2, 0.25) is 0 Å². The lowest BCUT2D eigenvalue weighted by Gasteiger charge is -2.30. The third-order valence-corrected chi connectivity index (χ3v) is 5.51. The standard InChI is InChI=1S/C20H23F3N6O/c1-11-7-12(20(21,22)23)8-15(30)16(11)17-14-9-24-29(3)18(14)19(27-26-17)25-13-5-4-6-28(2)10-13/h7-9,13,30H,4-6,10H2,1-3H3,(H,25,27)/t13-/m1/s1. The first kappa shape index (κ1) is 20.4. The molecule has 1 saturated heterocycles. The van der Waals surface area contributed by atoms with Crippen molar-refractivity contribution >= 4 is 16.7 Å². The normalized spacial score (nSPS) is 18.1. The van der Waals surface area contributed by atoms with Crippen molar-refractivity contribution < 1.29 is 18.3 Å². The lowest BCUT2D eigenvalue weighted by molar-refractivity contribution is -0.137. The maximum atomic E-state index is 13.1. The molecule has 4 rings (SSSR count). The van der Waals surface area contributed by atoms with Gasteiger partial charge in [0.05, 0.1) is 17.1 Å². The molecule has 0 unspecified atom stereocenters. The lowest BCUT2D eigenvalue weighted by Crippen LogP contribution is -2.40. The summed E-state index contributed by atoms with van der Waals surface area (Å²) in [5.41, 5.74) is 0.560. The Morgan fingerprint density at radius 2 is 1.97 bits per heavy atom. The molecule has 160 valence electrons. The molecule has 0 aliphatic carbocycles. The zero-order valence-corrected chi connectivity index (χ0v) is 17.0. The number of hydrogen-bond donors (Lipinski definition) is 2. The number of phenolic OH excluding ortho intramolecular Hbond substituents is 1. The van der Waals surface area contributed by atoms with E-state index in [0.717, 1.165) is 38.1 Å². The number of aromatic hydroxyl groups is 1. The summed E-state index contributed by atoms with van der Waals surface area (Å²) in [6.45, 7) is 3.44. The topological polar surface area (TPSA) is 79.1 Å². The zero-order chi connectivity index (χ0) is 21.6. The molecule has 1 aliphatic rings. The van der Waals surface area contributed by atoms with Gasteiger partial charge in [0.2, 0.25) is 0 Å². The van der Waals surface area contributed by atoms with E-state index < -0.39 is 17.5 Å². The largest absolute Gasteiger partial charge is 0.507 e. The van der Waals surface area contributed by atoms with E-state index in [1.165, 1.54) is 6.92 Å². The SMILES string of the molecule is Cc1cc(C(F)(F)F)cc(O)c1-c1nnc(N[C@@H]2CCCN(C)C2)c2c1cnn2C. The molecule has 10 heteroatoms. The number of phenols is 1. The average Bonchev–Trinajstić information content (AvgIpc) is 3.04. The maximum absolute atomic E-state index is 13.1. The number of hydrogen-bond acceptors (Lipinski definition) is 6. The van der Waals surface area contributed by atoms with Crippen molar-refractivity contribution in [3.63, 3.8) is 0 Å². The molecule has 3 aromatic rings. The number of benzene rings is 1. The lowest BCUT2D eigenvalue weighted by atomic mass is 9.99. The summed E-state index contributed by atoms with van der Waals surface area (Å²) in [6, 6.07) is 1.93. The molecule has 0 amide bonds. The van der Waals surface area contributed by atoms with Crippen LogP contribution in [0.5, 0.6) is 5.75 Å². The van der Waals surface area contributed by atoms with Gasteiger partial charge in [-0.2, -0.15) is 18.3 Å². The first-order chi connectivity index (χ1) is 14.1. The van der Waals surface area contributed by atoms with E-state index >= 15 is 0 Å². The van der Waals surface area contributed by atoms with Gasteiger partial charge in [0, 0.05) is 25.2 Å².